The summed E-state index contributed by atoms with van der Waals surface area (Å²) in [5, 5.41) is 0.867. The Morgan fingerprint density at radius 2 is 2.18 bits per heavy atom. The van der Waals surface area contributed by atoms with Gasteiger partial charge in [-0.1, -0.05) is 23.9 Å². The number of fused-ring (bicyclic) bond motifs is 1. The van der Waals surface area contributed by atoms with Crippen LogP contribution >= 0.6 is 11.8 Å². The maximum Gasteiger partial charge on any atom is 0.166 e. The van der Waals surface area contributed by atoms with Crippen molar-refractivity contribution >= 4 is 22.8 Å². The average Bonchev–Trinajstić information content (AvgIpc) is 2.46. The molecule has 0 unspecified atom stereocenters. The Balaban J connectivity index is 2.69. The van der Waals surface area contributed by atoms with Crippen LogP contribution < -0.4 is 0 Å². The van der Waals surface area contributed by atoms with E-state index in [1.807, 2.05) is 24.3 Å². The third kappa shape index (κ3) is 1.12. The number of imidazole rings is 1. The van der Waals surface area contributed by atoms with Crippen LogP contribution in [0.25, 0.3) is 11.0 Å². The van der Waals surface area contributed by atoms with E-state index >= 15 is 0 Å². The summed E-state index contributed by atoms with van der Waals surface area (Å²) in [7, 11) is 0. The van der Waals surface area contributed by atoms with Gasteiger partial charge in [0.05, 0.1) is 11.0 Å². The standard InChI is InChI=1S/C8H7N2S/c1-11-8-9-6-4-2-3-5-7(6)10-8/h2-5H,1H2,(H,9,10). The highest BCUT2D eigenvalue weighted by Gasteiger charge is 1.97. The molecule has 2 aromatic rings. The first-order valence-corrected chi connectivity index (χ1v) is 4.25. The van der Waals surface area contributed by atoms with E-state index in [1.165, 1.54) is 11.8 Å². The average molecular weight is 163 g/mol. The molecule has 2 rings (SSSR count). The first-order chi connectivity index (χ1) is 5.40. The molecule has 0 fully saturated rings. The maximum absolute atomic E-state index is 4.28. The lowest BCUT2D eigenvalue weighted by Gasteiger charge is -1.81. The monoisotopic (exact) mass is 163 g/mol. The van der Waals surface area contributed by atoms with Gasteiger partial charge in [-0.3, -0.25) is 0 Å². The molecular formula is C8H7N2S. The second-order valence-corrected chi connectivity index (χ2v) is 2.88. The molecule has 0 aliphatic heterocycles. The topological polar surface area (TPSA) is 28.7 Å². The predicted molar refractivity (Wildman–Crippen MR) is 47.3 cm³/mol. The van der Waals surface area contributed by atoms with Gasteiger partial charge in [-0.25, -0.2) is 4.98 Å². The molecule has 0 aliphatic carbocycles. The molecule has 2 nitrogen and oxygen atoms in total. The lowest BCUT2D eigenvalue weighted by molar-refractivity contribution is 1.09. The zero-order valence-corrected chi connectivity index (χ0v) is 6.69. The molecule has 0 spiro atoms. The largest absolute Gasteiger partial charge is 0.333 e. The molecule has 1 heterocycles. The molecule has 55 valence electrons. The van der Waals surface area contributed by atoms with Crippen LogP contribution in [0.4, 0.5) is 0 Å². The summed E-state index contributed by atoms with van der Waals surface area (Å²) in [4.78, 5) is 7.41. The lowest BCUT2D eigenvalue weighted by Crippen LogP contribution is -1.66. The molecular weight excluding hydrogens is 156 g/mol. The van der Waals surface area contributed by atoms with E-state index in [2.05, 4.69) is 16.2 Å². The van der Waals surface area contributed by atoms with Crippen molar-refractivity contribution in [1.82, 2.24) is 9.97 Å². The number of H-pyrrole nitrogens is 1. The van der Waals surface area contributed by atoms with Gasteiger partial charge >= 0.3 is 0 Å². The van der Waals surface area contributed by atoms with Gasteiger partial charge in [0.1, 0.15) is 0 Å². The Hall–Kier alpha value is -0.960. The SMILES string of the molecule is [CH2]Sc1nc2ccccc2[nH]1. The Morgan fingerprint density at radius 3 is 2.91 bits per heavy atom. The molecule has 0 saturated carbocycles. The number of thioether (sulfide) groups is 1. The van der Waals surface area contributed by atoms with Crippen LogP contribution in [0.5, 0.6) is 0 Å². The van der Waals surface area contributed by atoms with Crippen molar-refractivity contribution in [3.05, 3.63) is 30.5 Å². The summed E-state index contributed by atoms with van der Waals surface area (Å²) in [6.45, 7) is 0. The van der Waals surface area contributed by atoms with Crippen LogP contribution in [-0.2, 0) is 0 Å². The van der Waals surface area contributed by atoms with E-state index in [0.29, 0.717) is 0 Å². The molecule has 1 aromatic heterocycles. The fourth-order valence-corrected chi connectivity index (χ4v) is 1.34. The second-order valence-electron chi connectivity index (χ2n) is 2.20. The Kier molecular flexibility index (Phi) is 1.58. The molecule has 0 amide bonds. The van der Waals surface area contributed by atoms with E-state index in [1.54, 1.807) is 0 Å². The zero-order valence-electron chi connectivity index (χ0n) is 5.87. The Morgan fingerprint density at radius 1 is 1.36 bits per heavy atom. The number of hydrogen-bond acceptors (Lipinski definition) is 2. The van der Waals surface area contributed by atoms with Crippen LogP contribution in [0.3, 0.4) is 0 Å². The normalized spacial score (nSPS) is 10.6. The minimum Gasteiger partial charge on any atom is -0.333 e. The summed E-state index contributed by atoms with van der Waals surface area (Å²) in [5.41, 5.74) is 2.07. The summed E-state index contributed by atoms with van der Waals surface area (Å²) in [6, 6.07) is 7.94. The van der Waals surface area contributed by atoms with Crippen LogP contribution in [0.2, 0.25) is 0 Å². The summed E-state index contributed by atoms with van der Waals surface area (Å²) >= 11 is 1.38. The zero-order chi connectivity index (χ0) is 7.68. The van der Waals surface area contributed by atoms with Crippen molar-refractivity contribution in [3.8, 4) is 0 Å². The van der Waals surface area contributed by atoms with Crippen molar-refractivity contribution in [3.63, 3.8) is 0 Å². The fraction of sp³-hybridized carbons (Fsp3) is 0. The first kappa shape index (κ1) is 6.73. The smallest absolute Gasteiger partial charge is 0.166 e. The van der Waals surface area contributed by atoms with Crippen LogP contribution in [-0.4, -0.2) is 9.97 Å². The highest BCUT2D eigenvalue weighted by Crippen LogP contribution is 2.16. The minimum atomic E-state index is 0.867. The van der Waals surface area contributed by atoms with E-state index in [9.17, 15) is 0 Å². The molecule has 1 aromatic carbocycles. The quantitative estimate of drug-likeness (QED) is 0.654. The number of hydrogen-bond donors (Lipinski definition) is 1. The summed E-state index contributed by atoms with van der Waals surface area (Å²) in [6.07, 6.45) is 3.67. The van der Waals surface area contributed by atoms with Crippen molar-refractivity contribution in [2.75, 3.05) is 0 Å². The third-order valence-electron chi connectivity index (χ3n) is 1.50. The highest BCUT2D eigenvalue weighted by atomic mass is 32.2. The van der Waals surface area contributed by atoms with E-state index < -0.39 is 0 Å². The molecule has 11 heavy (non-hydrogen) atoms. The third-order valence-corrected chi connectivity index (χ3v) is 1.97. The van der Waals surface area contributed by atoms with E-state index in [4.69, 9.17) is 0 Å². The minimum absolute atomic E-state index is 0.867. The summed E-state index contributed by atoms with van der Waals surface area (Å²) in [5.74, 6) is 0. The molecule has 1 N–H and O–H groups in total. The van der Waals surface area contributed by atoms with Crippen LogP contribution in [0.15, 0.2) is 29.4 Å². The van der Waals surface area contributed by atoms with E-state index in [0.717, 1.165) is 16.2 Å². The van der Waals surface area contributed by atoms with Crippen LogP contribution in [0.1, 0.15) is 0 Å². The Bertz CT molecular complexity index is 334. The van der Waals surface area contributed by atoms with Gasteiger partial charge in [-0.05, 0) is 12.1 Å². The Labute approximate surface area is 69.0 Å². The first-order valence-electron chi connectivity index (χ1n) is 3.27. The number of aromatic nitrogens is 2. The van der Waals surface area contributed by atoms with Gasteiger partial charge in [0, 0.05) is 6.26 Å². The summed E-state index contributed by atoms with van der Waals surface area (Å²) < 4.78 is 0. The second kappa shape index (κ2) is 2.58. The molecule has 0 atom stereocenters. The van der Waals surface area contributed by atoms with Crippen molar-refractivity contribution in [2.45, 2.75) is 5.16 Å². The van der Waals surface area contributed by atoms with Crippen molar-refractivity contribution < 1.29 is 0 Å². The number of benzene rings is 1. The maximum atomic E-state index is 4.28. The highest BCUT2D eigenvalue weighted by molar-refractivity contribution is 8.00. The number of aromatic amines is 1. The number of nitrogens with zero attached hydrogens (tertiary/aromatic N) is 1. The van der Waals surface area contributed by atoms with Gasteiger partial charge in [-0.2, -0.15) is 0 Å². The van der Waals surface area contributed by atoms with Gasteiger partial charge < -0.3 is 4.98 Å². The fourth-order valence-electron chi connectivity index (χ4n) is 0.998. The lowest BCUT2D eigenvalue weighted by atomic mass is 10.3. The van der Waals surface area contributed by atoms with Gasteiger partial charge in [0.25, 0.3) is 0 Å². The number of nitrogens with one attached hydrogen (secondary N) is 1. The number of para-hydroxylation sites is 2. The van der Waals surface area contributed by atoms with Gasteiger partial charge in [0.2, 0.25) is 0 Å². The van der Waals surface area contributed by atoms with Gasteiger partial charge in [0.15, 0.2) is 5.16 Å². The number of rotatable bonds is 1. The predicted octanol–water partition coefficient (Wildman–Crippen LogP) is 2.45. The van der Waals surface area contributed by atoms with Crippen LogP contribution in [0, 0.1) is 6.26 Å². The molecule has 0 bridgehead atoms. The molecule has 3 heteroatoms. The molecule has 1 radical (unpaired) electrons. The van der Waals surface area contributed by atoms with E-state index in [-0.39, 0.29) is 0 Å². The molecule has 0 aliphatic rings. The van der Waals surface area contributed by atoms with Crippen molar-refractivity contribution in [1.29, 1.82) is 0 Å². The molecule has 0 saturated heterocycles. The van der Waals surface area contributed by atoms with Gasteiger partial charge in [-0.15, -0.1) is 0 Å². The van der Waals surface area contributed by atoms with Crippen molar-refractivity contribution in [2.24, 2.45) is 0 Å².